The van der Waals surface area contributed by atoms with E-state index in [2.05, 4.69) is 18.3 Å². The summed E-state index contributed by atoms with van der Waals surface area (Å²) in [6.07, 6.45) is 0. The fourth-order valence-electron chi connectivity index (χ4n) is 1.38. The Kier molecular flexibility index (Phi) is 3.48. The first-order valence-corrected chi connectivity index (χ1v) is 4.41. The Labute approximate surface area is 79.2 Å². The van der Waals surface area contributed by atoms with Crippen molar-refractivity contribution in [3.8, 4) is 6.07 Å². The lowest BCUT2D eigenvalue weighted by Gasteiger charge is -2.16. The number of nitrogens with zero attached hydrogens (tertiary/aromatic N) is 1. The molecule has 0 amide bonds. The standard InChI is InChI=1S/C11H14N2/c1-9(11(8-12)13-2)10-6-4-3-5-7-10/h3-7,9,11,13H,1-2H3. The largest absolute Gasteiger partial charge is 0.305 e. The van der Waals surface area contributed by atoms with E-state index in [1.807, 2.05) is 37.4 Å². The summed E-state index contributed by atoms with van der Waals surface area (Å²) in [6, 6.07) is 12.2. The van der Waals surface area contributed by atoms with Crippen LogP contribution in [0.5, 0.6) is 0 Å². The fraction of sp³-hybridized carbons (Fsp3) is 0.364. The van der Waals surface area contributed by atoms with Crippen LogP contribution < -0.4 is 5.32 Å². The zero-order chi connectivity index (χ0) is 9.68. The molecule has 1 aromatic rings. The van der Waals surface area contributed by atoms with Crippen molar-refractivity contribution in [1.29, 1.82) is 5.26 Å². The zero-order valence-corrected chi connectivity index (χ0v) is 7.99. The third kappa shape index (κ3) is 2.30. The highest BCUT2D eigenvalue weighted by Crippen LogP contribution is 2.17. The molecule has 2 heteroatoms. The van der Waals surface area contributed by atoms with Gasteiger partial charge in [-0.15, -0.1) is 0 Å². The number of benzene rings is 1. The molecule has 0 heterocycles. The van der Waals surface area contributed by atoms with Crippen molar-refractivity contribution in [2.45, 2.75) is 18.9 Å². The molecule has 0 bridgehead atoms. The van der Waals surface area contributed by atoms with Gasteiger partial charge in [-0.25, -0.2) is 0 Å². The molecule has 2 atom stereocenters. The molecular weight excluding hydrogens is 160 g/mol. The maximum absolute atomic E-state index is 8.85. The number of hydrogen-bond acceptors (Lipinski definition) is 2. The van der Waals surface area contributed by atoms with Crippen molar-refractivity contribution in [2.75, 3.05) is 7.05 Å². The fourth-order valence-corrected chi connectivity index (χ4v) is 1.38. The van der Waals surface area contributed by atoms with E-state index in [-0.39, 0.29) is 12.0 Å². The van der Waals surface area contributed by atoms with Crippen LogP contribution in [0.3, 0.4) is 0 Å². The predicted octanol–water partition coefficient (Wildman–Crippen LogP) is 1.90. The molecule has 0 aliphatic heterocycles. The molecule has 13 heavy (non-hydrogen) atoms. The number of likely N-dealkylation sites (N-methyl/N-ethyl adjacent to an activating group) is 1. The van der Waals surface area contributed by atoms with E-state index in [0.717, 1.165) is 0 Å². The van der Waals surface area contributed by atoms with Gasteiger partial charge in [-0.3, -0.25) is 0 Å². The minimum absolute atomic E-state index is 0.109. The van der Waals surface area contributed by atoms with Crippen molar-refractivity contribution >= 4 is 0 Å². The van der Waals surface area contributed by atoms with Gasteiger partial charge >= 0.3 is 0 Å². The SMILES string of the molecule is CNC(C#N)C(C)c1ccccc1. The van der Waals surface area contributed by atoms with Crippen molar-refractivity contribution in [3.63, 3.8) is 0 Å². The minimum atomic E-state index is -0.109. The van der Waals surface area contributed by atoms with Gasteiger partial charge in [-0.1, -0.05) is 37.3 Å². The van der Waals surface area contributed by atoms with Crippen molar-refractivity contribution < 1.29 is 0 Å². The van der Waals surface area contributed by atoms with E-state index in [4.69, 9.17) is 5.26 Å². The van der Waals surface area contributed by atoms with Gasteiger partial charge in [0.25, 0.3) is 0 Å². The van der Waals surface area contributed by atoms with Gasteiger partial charge in [0, 0.05) is 5.92 Å². The summed E-state index contributed by atoms with van der Waals surface area (Å²) in [6.45, 7) is 2.06. The Bertz CT molecular complexity index is 287. The van der Waals surface area contributed by atoms with Crippen LogP contribution in [0.4, 0.5) is 0 Å². The van der Waals surface area contributed by atoms with Gasteiger partial charge in [-0.2, -0.15) is 5.26 Å². The highest BCUT2D eigenvalue weighted by Gasteiger charge is 2.15. The molecule has 0 saturated carbocycles. The van der Waals surface area contributed by atoms with E-state index >= 15 is 0 Å². The number of hydrogen-bond donors (Lipinski definition) is 1. The Morgan fingerprint density at radius 1 is 1.31 bits per heavy atom. The van der Waals surface area contributed by atoms with E-state index in [1.165, 1.54) is 5.56 Å². The molecule has 0 aliphatic carbocycles. The molecule has 1 N–H and O–H groups in total. The molecule has 68 valence electrons. The third-order valence-electron chi connectivity index (χ3n) is 2.28. The first-order chi connectivity index (χ1) is 6.29. The quantitative estimate of drug-likeness (QED) is 0.759. The van der Waals surface area contributed by atoms with Crippen molar-refractivity contribution in [3.05, 3.63) is 35.9 Å². The van der Waals surface area contributed by atoms with Gasteiger partial charge in [-0.05, 0) is 12.6 Å². The molecule has 0 radical (unpaired) electrons. The van der Waals surface area contributed by atoms with E-state index in [0.29, 0.717) is 0 Å². The topological polar surface area (TPSA) is 35.8 Å². The van der Waals surface area contributed by atoms with Crippen LogP contribution in [0.25, 0.3) is 0 Å². The number of nitrogens with one attached hydrogen (secondary N) is 1. The Morgan fingerprint density at radius 2 is 1.92 bits per heavy atom. The first-order valence-electron chi connectivity index (χ1n) is 4.41. The summed E-state index contributed by atoms with van der Waals surface area (Å²) in [7, 11) is 1.81. The molecule has 0 aliphatic rings. The second kappa shape index (κ2) is 4.64. The van der Waals surface area contributed by atoms with Crippen LogP contribution in [0.2, 0.25) is 0 Å². The highest BCUT2D eigenvalue weighted by molar-refractivity contribution is 5.22. The minimum Gasteiger partial charge on any atom is -0.305 e. The zero-order valence-electron chi connectivity index (χ0n) is 7.99. The second-order valence-electron chi connectivity index (χ2n) is 3.09. The second-order valence-corrected chi connectivity index (χ2v) is 3.09. The van der Waals surface area contributed by atoms with E-state index < -0.39 is 0 Å². The third-order valence-corrected chi connectivity index (χ3v) is 2.28. The summed E-state index contributed by atoms with van der Waals surface area (Å²) in [4.78, 5) is 0. The number of nitriles is 1. The van der Waals surface area contributed by atoms with Gasteiger partial charge in [0.05, 0.1) is 6.07 Å². The summed E-state index contributed by atoms with van der Waals surface area (Å²) in [5.41, 5.74) is 1.20. The van der Waals surface area contributed by atoms with Crippen LogP contribution >= 0.6 is 0 Å². The smallest absolute Gasteiger partial charge is 0.102 e. The Hall–Kier alpha value is -1.33. The average Bonchev–Trinajstić information content (AvgIpc) is 2.21. The van der Waals surface area contributed by atoms with Crippen LogP contribution in [0.1, 0.15) is 18.4 Å². The molecule has 2 unspecified atom stereocenters. The van der Waals surface area contributed by atoms with Crippen LogP contribution in [0, 0.1) is 11.3 Å². The summed E-state index contributed by atoms with van der Waals surface area (Å²) >= 11 is 0. The lowest BCUT2D eigenvalue weighted by molar-refractivity contribution is 0.580. The lowest BCUT2D eigenvalue weighted by Crippen LogP contribution is -2.28. The van der Waals surface area contributed by atoms with Gasteiger partial charge < -0.3 is 5.32 Å². The van der Waals surface area contributed by atoms with Crippen LogP contribution in [-0.4, -0.2) is 13.1 Å². The van der Waals surface area contributed by atoms with Gasteiger partial charge in [0.1, 0.15) is 6.04 Å². The molecule has 0 spiro atoms. The van der Waals surface area contributed by atoms with Gasteiger partial charge in [0.15, 0.2) is 0 Å². The van der Waals surface area contributed by atoms with E-state index in [9.17, 15) is 0 Å². The Balaban J connectivity index is 2.79. The monoisotopic (exact) mass is 174 g/mol. The highest BCUT2D eigenvalue weighted by atomic mass is 14.9. The van der Waals surface area contributed by atoms with E-state index in [1.54, 1.807) is 0 Å². The molecule has 1 rings (SSSR count). The molecule has 2 nitrogen and oxygen atoms in total. The summed E-state index contributed by atoms with van der Waals surface area (Å²) in [5.74, 6) is 0.233. The van der Waals surface area contributed by atoms with Crippen LogP contribution in [-0.2, 0) is 0 Å². The molecule has 0 aromatic heterocycles. The maximum atomic E-state index is 8.85. The summed E-state index contributed by atoms with van der Waals surface area (Å²) in [5, 5.41) is 11.8. The lowest BCUT2D eigenvalue weighted by atomic mass is 9.94. The molecule has 1 aromatic carbocycles. The Morgan fingerprint density at radius 3 is 2.38 bits per heavy atom. The molecule has 0 fully saturated rings. The van der Waals surface area contributed by atoms with Gasteiger partial charge in [0.2, 0.25) is 0 Å². The summed E-state index contributed by atoms with van der Waals surface area (Å²) < 4.78 is 0. The molecular formula is C11H14N2. The maximum Gasteiger partial charge on any atom is 0.102 e. The van der Waals surface area contributed by atoms with Crippen LogP contribution in [0.15, 0.2) is 30.3 Å². The first kappa shape index (κ1) is 9.76. The predicted molar refractivity (Wildman–Crippen MR) is 53.3 cm³/mol. The average molecular weight is 174 g/mol. The molecule has 0 saturated heterocycles. The van der Waals surface area contributed by atoms with Crippen molar-refractivity contribution in [2.24, 2.45) is 0 Å². The normalized spacial score (nSPS) is 14.5. The van der Waals surface area contributed by atoms with Crippen molar-refractivity contribution in [1.82, 2.24) is 5.32 Å². The number of rotatable bonds is 3.